The molecule has 2 saturated heterocycles. The minimum absolute atomic E-state index is 0.0208. The number of esters is 1. The number of halogens is 1. The van der Waals surface area contributed by atoms with Crippen LogP contribution in [-0.2, 0) is 20.7 Å². The van der Waals surface area contributed by atoms with E-state index in [1.807, 2.05) is 60.4 Å². The third-order valence-electron chi connectivity index (χ3n) is 6.68. The number of nitrogens with one attached hydrogen (secondary N) is 1. The topological polar surface area (TPSA) is 79.0 Å². The molecule has 8 heteroatoms. The van der Waals surface area contributed by atoms with Crippen LogP contribution in [0.1, 0.15) is 41.3 Å². The van der Waals surface area contributed by atoms with Crippen molar-refractivity contribution in [1.82, 2.24) is 15.1 Å². The van der Waals surface area contributed by atoms with Crippen molar-refractivity contribution in [2.45, 2.75) is 44.8 Å². The molecule has 2 aliphatic rings. The lowest BCUT2D eigenvalue weighted by Crippen LogP contribution is -2.60. The van der Waals surface area contributed by atoms with Crippen LogP contribution in [0.4, 0.5) is 0 Å². The summed E-state index contributed by atoms with van der Waals surface area (Å²) in [6.07, 6.45) is 1.64. The van der Waals surface area contributed by atoms with Crippen LogP contribution < -0.4 is 5.32 Å². The lowest BCUT2D eigenvalue weighted by Gasteiger charge is -2.44. The molecule has 0 bridgehead atoms. The van der Waals surface area contributed by atoms with Crippen LogP contribution in [-0.4, -0.2) is 65.5 Å². The van der Waals surface area contributed by atoms with Gasteiger partial charge >= 0.3 is 5.97 Å². The van der Waals surface area contributed by atoms with Crippen LogP contribution in [0.15, 0.2) is 53.0 Å². The Hall–Kier alpha value is -2.71. The molecule has 2 fully saturated rings. The summed E-state index contributed by atoms with van der Waals surface area (Å²) in [5.74, 6) is -0.533. The normalized spacial score (nSPS) is 19.5. The van der Waals surface area contributed by atoms with Crippen LogP contribution in [0, 0.1) is 6.92 Å². The molecule has 1 N–H and O–H groups in total. The highest BCUT2D eigenvalue weighted by molar-refractivity contribution is 9.10. The fourth-order valence-corrected chi connectivity index (χ4v) is 5.12. The Morgan fingerprint density at radius 2 is 1.85 bits per heavy atom. The van der Waals surface area contributed by atoms with Gasteiger partial charge in [0, 0.05) is 36.0 Å². The van der Waals surface area contributed by atoms with Crippen molar-refractivity contribution in [3.63, 3.8) is 0 Å². The van der Waals surface area contributed by atoms with Gasteiger partial charge in [-0.05, 0) is 49.6 Å². The summed E-state index contributed by atoms with van der Waals surface area (Å²) < 4.78 is 6.12. The predicted octanol–water partition coefficient (Wildman–Crippen LogP) is 3.30. The maximum absolute atomic E-state index is 13.4. The average molecular weight is 528 g/mol. The molecule has 0 saturated carbocycles. The quantitative estimate of drug-likeness (QED) is 0.583. The van der Waals surface area contributed by atoms with E-state index in [9.17, 15) is 14.4 Å². The molecule has 2 aromatic rings. The number of amides is 2. The number of piperidine rings is 1. The van der Waals surface area contributed by atoms with E-state index in [1.165, 1.54) is 0 Å². The summed E-state index contributed by atoms with van der Waals surface area (Å²) in [6.45, 7) is 4.87. The van der Waals surface area contributed by atoms with Gasteiger partial charge in [-0.2, -0.15) is 0 Å². The first-order chi connectivity index (χ1) is 16.3. The summed E-state index contributed by atoms with van der Waals surface area (Å²) >= 11 is 3.48. The van der Waals surface area contributed by atoms with Gasteiger partial charge in [0.2, 0.25) is 5.91 Å². The zero-order chi connectivity index (χ0) is 24.3. The lowest BCUT2D eigenvalue weighted by molar-refractivity contribution is -0.151. The Morgan fingerprint density at radius 3 is 2.50 bits per heavy atom. The number of aryl methyl sites for hydroxylation is 1. The van der Waals surface area contributed by atoms with Gasteiger partial charge in [0.15, 0.2) is 0 Å². The van der Waals surface area contributed by atoms with Gasteiger partial charge in [0.25, 0.3) is 5.91 Å². The standard InChI is InChI=1S/C26H30BrN3O4/c1-3-34-23(31)17-30-25(33)22(16-19-7-5-4-6-8-19)28-26(30)11-13-29(14-12-26)24(32)20-9-10-21(27)18(2)15-20/h4-10,15,22,28H,3,11-14,16-17H2,1-2H3. The fraction of sp³-hybridized carbons (Fsp3) is 0.423. The monoisotopic (exact) mass is 527 g/mol. The van der Waals surface area contributed by atoms with Crippen LogP contribution in [0.3, 0.4) is 0 Å². The van der Waals surface area contributed by atoms with E-state index >= 15 is 0 Å². The van der Waals surface area contributed by atoms with Crippen LogP contribution in [0.2, 0.25) is 0 Å². The number of carbonyl (C=O) groups is 3. The molecule has 180 valence electrons. The first kappa shape index (κ1) is 24.4. The molecule has 7 nitrogen and oxygen atoms in total. The number of benzene rings is 2. The number of carbonyl (C=O) groups excluding carboxylic acids is 3. The molecule has 4 rings (SSSR count). The molecule has 1 spiro atoms. The van der Waals surface area contributed by atoms with Crippen molar-refractivity contribution < 1.29 is 19.1 Å². The Kier molecular flexibility index (Phi) is 7.38. The SMILES string of the molecule is CCOC(=O)CN1C(=O)C(Cc2ccccc2)NC12CCN(C(=O)c1ccc(Br)c(C)c1)CC2. The van der Waals surface area contributed by atoms with E-state index in [4.69, 9.17) is 4.74 Å². The molecule has 34 heavy (non-hydrogen) atoms. The molecule has 0 radical (unpaired) electrons. The molecular weight excluding hydrogens is 498 g/mol. The second-order valence-corrected chi connectivity index (χ2v) is 9.76. The zero-order valence-corrected chi connectivity index (χ0v) is 21.1. The van der Waals surface area contributed by atoms with Gasteiger partial charge in [0.05, 0.1) is 18.3 Å². The molecule has 0 aromatic heterocycles. The van der Waals surface area contributed by atoms with Crippen molar-refractivity contribution >= 4 is 33.7 Å². The number of hydrogen-bond donors (Lipinski definition) is 1. The van der Waals surface area contributed by atoms with Gasteiger partial charge < -0.3 is 14.5 Å². The molecular formula is C26H30BrN3O4. The average Bonchev–Trinajstić information content (AvgIpc) is 3.07. The summed E-state index contributed by atoms with van der Waals surface area (Å²) in [5.41, 5.74) is 2.04. The van der Waals surface area contributed by atoms with Crippen LogP contribution in [0.5, 0.6) is 0 Å². The number of hydrogen-bond acceptors (Lipinski definition) is 5. The first-order valence-corrected chi connectivity index (χ1v) is 12.5. The number of rotatable bonds is 6. The number of nitrogens with zero attached hydrogens (tertiary/aromatic N) is 2. The molecule has 2 amide bonds. The highest BCUT2D eigenvalue weighted by atomic mass is 79.9. The van der Waals surface area contributed by atoms with E-state index in [0.717, 1.165) is 15.6 Å². The minimum Gasteiger partial charge on any atom is -0.465 e. The van der Waals surface area contributed by atoms with Gasteiger partial charge in [-0.25, -0.2) is 0 Å². The van der Waals surface area contributed by atoms with E-state index in [2.05, 4.69) is 21.2 Å². The Labute approximate surface area is 208 Å². The summed E-state index contributed by atoms with van der Waals surface area (Å²) in [7, 11) is 0. The highest BCUT2D eigenvalue weighted by Gasteiger charge is 2.52. The molecule has 2 aromatic carbocycles. The third kappa shape index (κ3) is 5.03. The summed E-state index contributed by atoms with van der Waals surface area (Å²) in [4.78, 5) is 42.3. The van der Waals surface area contributed by atoms with Crippen LogP contribution in [0.25, 0.3) is 0 Å². The second-order valence-electron chi connectivity index (χ2n) is 8.90. The minimum atomic E-state index is -0.671. The van der Waals surface area contributed by atoms with Crippen molar-refractivity contribution in [2.24, 2.45) is 0 Å². The Morgan fingerprint density at radius 1 is 1.15 bits per heavy atom. The third-order valence-corrected chi connectivity index (χ3v) is 7.57. The summed E-state index contributed by atoms with van der Waals surface area (Å²) in [6, 6.07) is 15.0. The molecule has 1 atom stereocenters. The molecule has 1 unspecified atom stereocenters. The molecule has 2 heterocycles. The number of likely N-dealkylation sites (tertiary alicyclic amines) is 1. The first-order valence-electron chi connectivity index (χ1n) is 11.7. The van der Waals surface area contributed by atoms with Crippen molar-refractivity contribution in [3.05, 3.63) is 69.7 Å². The highest BCUT2D eigenvalue weighted by Crippen LogP contribution is 2.34. The van der Waals surface area contributed by atoms with E-state index < -0.39 is 17.7 Å². The van der Waals surface area contributed by atoms with Gasteiger partial charge in [-0.15, -0.1) is 0 Å². The van der Waals surface area contributed by atoms with Gasteiger partial charge in [-0.3, -0.25) is 19.7 Å². The van der Waals surface area contributed by atoms with Gasteiger partial charge in [-0.1, -0.05) is 46.3 Å². The molecule has 2 aliphatic heterocycles. The van der Waals surface area contributed by atoms with Crippen molar-refractivity contribution in [2.75, 3.05) is 26.2 Å². The van der Waals surface area contributed by atoms with Crippen molar-refractivity contribution in [3.8, 4) is 0 Å². The smallest absolute Gasteiger partial charge is 0.325 e. The van der Waals surface area contributed by atoms with Crippen LogP contribution >= 0.6 is 15.9 Å². The summed E-state index contributed by atoms with van der Waals surface area (Å²) in [5, 5.41) is 3.54. The second kappa shape index (κ2) is 10.3. The van der Waals surface area contributed by atoms with Gasteiger partial charge in [0.1, 0.15) is 6.54 Å². The maximum atomic E-state index is 13.4. The van der Waals surface area contributed by atoms with E-state index in [-0.39, 0.29) is 25.0 Å². The maximum Gasteiger partial charge on any atom is 0.325 e. The Balaban J connectivity index is 1.51. The zero-order valence-electron chi connectivity index (χ0n) is 19.6. The van der Waals surface area contributed by atoms with Crippen molar-refractivity contribution in [1.29, 1.82) is 0 Å². The fourth-order valence-electron chi connectivity index (χ4n) is 4.87. The largest absolute Gasteiger partial charge is 0.465 e. The Bertz CT molecular complexity index is 1070. The van der Waals surface area contributed by atoms with E-state index in [0.29, 0.717) is 37.9 Å². The number of ether oxygens (including phenoxy) is 1. The predicted molar refractivity (Wildman–Crippen MR) is 132 cm³/mol. The molecule has 0 aliphatic carbocycles. The lowest BCUT2D eigenvalue weighted by atomic mass is 9.95. The van der Waals surface area contributed by atoms with E-state index in [1.54, 1.807) is 11.8 Å².